The van der Waals surface area contributed by atoms with Crippen LogP contribution in [0.2, 0.25) is 0 Å². The molecule has 0 heterocycles. The highest BCUT2D eigenvalue weighted by atomic mass is 16.6. The number of amides is 1. The van der Waals surface area contributed by atoms with Gasteiger partial charge in [0.2, 0.25) is 0 Å². The van der Waals surface area contributed by atoms with Crippen LogP contribution in [0.25, 0.3) is 0 Å². The van der Waals surface area contributed by atoms with Gasteiger partial charge in [-0.05, 0) is 30.5 Å². The Morgan fingerprint density at radius 1 is 1.33 bits per heavy atom. The van der Waals surface area contributed by atoms with Crippen LogP contribution in [0.1, 0.15) is 37.6 Å². The predicted octanol–water partition coefficient (Wildman–Crippen LogP) is 2.43. The molecule has 1 rings (SSSR count). The molecule has 2 N–H and O–H groups in total. The first-order chi connectivity index (χ1) is 9.80. The first-order valence-corrected chi connectivity index (χ1v) is 7.04. The minimum atomic E-state index is -0.477. The van der Waals surface area contributed by atoms with E-state index in [4.69, 9.17) is 5.73 Å². The molecule has 0 atom stereocenters. The lowest BCUT2D eigenvalue weighted by Gasteiger charge is -2.31. The van der Waals surface area contributed by atoms with Gasteiger partial charge in [-0.2, -0.15) is 0 Å². The molecule has 6 heteroatoms. The summed E-state index contributed by atoms with van der Waals surface area (Å²) in [5, 5.41) is 10.6. The van der Waals surface area contributed by atoms with Crippen LogP contribution in [-0.2, 0) is 0 Å². The number of nitro benzene ring substituents is 1. The van der Waals surface area contributed by atoms with E-state index in [2.05, 4.69) is 0 Å². The molecule has 0 radical (unpaired) electrons. The van der Waals surface area contributed by atoms with Gasteiger partial charge in [0.1, 0.15) is 0 Å². The van der Waals surface area contributed by atoms with Crippen LogP contribution >= 0.6 is 0 Å². The second kappa shape index (κ2) is 7.17. The Balaban J connectivity index is 2.92. The molecule has 0 aliphatic heterocycles. The van der Waals surface area contributed by atoms with Gasteiger partial charge in [-0.3, -0.25) is 14.9 Å². The van der Waals surface area contributed by atoms with Crippen LogP contribution in [0.15, 0.2) is 24.3 Å². The number of hydrogen-bond donors (Lipinski definition) is 1. The zero-order chi connectivity index (χ0) is 16.0. The fourth-order valence-electron chi connectivity index (χ4n) is 2.01. The van der Waals surface area contributed by atoms with E-state index >= 15 is 0 Å². The molecular formula is C15H23N3O3. The molecule has 21 heavy (non-hydrogen) atoms. The Hall–Kier alpha value is -1.95. The Kier molecular flexibility index (Phi) is 5.84. The summed E-state index contributed by atoms with van der Waals surface area (Å²) in [4.78, 5) is 24.4. The second-order valence-corrected chi connectivity index (χ2v) is 5.90. The lowest BCUT2D eigenvalue weighted by atomic mass is 9.92. The van der Waals surface area contributed by atoms with E-state index in [-0.39, 0.29) is 17.0 Å². The van der Waals surface area contributed by atoms with E-state index in [9.17, 15) is 14.9 Å². The van der Waals surface area contributed by atoms with Crippen molar-refractivity contribution in [2.45, 2.75) is 27.2 Å². The molecule has 0 unspecified atom stereocenters. The fourth-order valence-corrected chi connectivity index (χ4v) is 2.01. The van der Waals surface area contributed by atoms with Crippen LogP contribution in [0.3, 0.4) is 0 Å². The van der Waals surface area contributed by atoms with Crippen molar-refractivity contribution in [3.8, 4) is 0 Å². The molecule has 116 valence electrons. The summed E-state index contributed by atoms with van der Waals surface area (Å²) in [5.41, 5.74) is 6.01. The Labute approximate surface area is 125 Å². The summed E-state index contributed by atoms with van der Waals surface area (Å²) in [6.45, 7) is 7.72. The number of hydrogen-bond acceptors (Lipinski definition) is 4. The molecular weight excluding hydrogens is 270 g/mol. The molecule has 0 aromatic heterocycles. The minimum Gasteiger partial charge on any atom is -0.338 e. The molecule has 1 amide bonds. The largest absolute Gasteiger partial charge is 0.338 e. The smallest absolute Gasteiger partial charge is 0.269 e. The van der Waals surface area contributed by atoms with Crippen molar-refractivity contribution in [1.29, 1.82) is 0 Å². The quantitative estimate of drug-likeness (QED) is 0.617. The maximum absolute atomic E-state index is 12.5. The normalized spacial score (nSPS) is 11.2. The summed E-state index contributed by atoms with van der Waals surface area (Å²) in [6.07, 6.45) is 0.847. The predicted molar refractivity (Wildman–Crippen MR) is 82.1 cm³/mol. The van der Waals surface area contributed by atoms with Gasteiger partial charge in [0.15, 0.2) is 0 Å². The van der Waals surface area contributed by atoms with Crippen molar-refractivity contribution in [3.63, 3.8) is 0 Å². The van der Waals surface area contributed by atoms with Crippen LogP contribution < -0.4 is 5.73 Å². The van der Waals surface area contributed by atoms with Gasteiger partial charge in [0, 0.05) is 30.8 Å². The van der Waals surface area contributed by atoms with Crippen LogP contribution in [0.4, 0.5) is 5.69 Å². The van der Waals surface area contributed by atoms with Gasteiger partial charge in [-0.1, -0.05) is 20.8 Å². The van der Waals surface area contributed by atoms with Crippen molar-refractivity contribution in [2.75, 3.05) is 19.6 Å². The highest BCUT2D eigenvalue weighted by Crippen LogP contribution is 2.19. The third kappa shape index (κ3) is 4.82. The summed E-state index contributed by atoms with van der Waals surface area (Å²) < 4.78 is 0. The number of nitrogens with two attached hydrogens (primary N) is 1. The van der Waals surface area contributed by atoms with E-state index in [0.29, 0.717) is 25.2 Å². The number of carbonyl (C=O) groups is 1. The standard InChI is InChI=1S/C15H23N3O3/c1-4-9-17(11-15(2,3)10-16)14(19)12-5-7-13(8-6-12)18(20)21/h5-8H,4,9-11,16H2,1-3H3. The molecule has 1 aromatic rings. The SMILES string of the molecule is CCCN(CC(C)(C)CN)C(=O)c1ccc([N+](=O)[O-])cc1. The minimum absolute atomic E-state index is 0.0177. The molecule has 1 aromatic carbocycles. The molecule has 0 fully saturated rings. The summed E-state index contributed by atoms with van der Waals surface area (Å²) in [5.74, 6) is -0.117. The summed E-state index contributed by atoms with van der Waals surface area (Å²) >= 11 is 0. The Morgan fingerprint density at radius 3 is 2.33 bits per heavy atom. The van der Waals surface area contributed by atoms with Gasteiger partial charge in [0.05, 0.1) is 4.92 Å². The maximum atomic E-state index is 12.5. The number of rotatable bonds is 7. The lowest BCUT2D eigenvalue weighted by Crippen LogP contribution is -2.42. The molecule has 0 saturated heterocycles. The van der Waals surface area contributed by atoms with E-state index in [1.54, 1.807) is 4.90 Å². The summed E-state index contributed by atoms with van der Waals surface area (Å²) in [6, 6.07) is 5.70. The van der Waals surface area contributed by atoms with Gasteiger partial charge >= 0.3 is 0 Å². The molecule has 0 aliphatic carbocycles. The monoisotopic (exact) mass is 293 g/mol. The topological polar surface area (TPSA) is 89.5 Å². The zero-order valence-electron chi connectivity index (χ0n) is 12.8. The zero-order valence-corrected chi connectivity index (χ0v) is 12.8. The molecule has 0 saturated carbocycles. The third-order valence-electron chi connectivity index (χ3n) is 3.28. The van der Waals surface area contributed by atoms with Gasteiger partial charge < -0.3 is 10.6 Å². The third-order valence-corrected chi connectivity index (χ3v) is 3.28. The van der Waals surface area contributed by atoms with E-state index in [0.717, 1.165) is 6.42 Å². The van der Waals surface area contributed by atoms with Gasteiger partial charge in [0.25, 0.3) is 11.6 Å². The average molecular weight is 293 g/mol. The number of non-ortho nitro benzene ring substituents is 1. The van der Waals surface area contributed by atoms with Crippen molar-refractivity contribution in [2.24, 2.45) is 11.1 Å². The first kappa shape index (κ1) is 17.1. The van der Waals surface area contributed by atoms with E-state index < -0.39 is 4.92 Å². The Morgan fingerprint density at radius 2 is 1.90 bits per heavy atom. The second-order valence-electron chi connectivity index (χ2n) is 5.90. The summed E-state index contributed by atoms with van der Waals surface area (Å²) in [7, 11) is 0. The maximum Gasteiger partial charge on any atom is 0.269 e. The van der Waals surface area contributed by atoms with Crippen molar-refractivity contribution < 1.29 is 9.72 Å². The van der Waals surface area contributed by atoms with Crippen molar-refractivity contribution in [1.82, 2.24) is 4.90 Å². The molecule has 0 spiro atoms. The highest BCUT2D eigenvalue weighted by molar-refractivity contribution is 5.94. The molecule has 6 nitrogen and oxygen atoms in total. The highest BCUT2D eigenvalue weighted by Gasteiger charge is 2.24. The average Bonchev–Trinajstić information content (AvgIpc) is 2.46. The van der Waals surface area contributed by atoms with Gasteiger partial charge in [-0.15, -0.1) is 0 Å². The van der Waals surface area contributed by atoms with Crippen molar-refractivity contribution in [3.05, 3.63) is 39.9 Å². The lowest BCUT2D eigenvalue weighted by molar-refractivity contribution is -0.384. The number of nitrogens with zero attached hydrogens (tertiary/aromatic N) is 2. The Bertz CT molecular complexity index is 497. The number of benzene rings is 1. The fraction of sp³-hybridized carbons (Fsp3) is 0.533. The van der Waals surface area contributed by atoms with Crippen LogP contribution in [0.5, 0.6) is 0 Å². The van der Waals surface area contributed by atoms with Crippen LogP contribution in [-0.4, -0.2) is 35.4 Å². The van der Waals surface area contributed by atoms with E-state index in [1.165, 1.54) is 24.3 Å². The van der Waals surface area contributed by atoms with Crippen LogP contribution in [0, 0.1) is 15.5 Å². The van der Waals surface area contributed by atoms with Gasteiger partial charge in [-0.25, -0.2) is 0 Å². The number of carbonyl (C=O) groups excluding carboxylic acids is 1. The molecule has 0 aliphatic rings. The number of nitro groups is 1. The van der Waals surface area contributed by atoms with Crippen molar-refractivity contribution >= 4 is 11.6 Å². The first-order valence-electron chi connectivity index (χ1n) is 7.04. The van der Waals surface area contributed by atoms with E-state index in [1.807, 2.05) is 20.8 Å². The molecule has 0 bridgehead atoms.